The highest BCUT2D eigenvalue weighted by molar-refractivity contribution is 6.00. The van der Waals surface area contributed by atoms with E-state index in [0.717, 1.165) is 11.3 Å². The van der Waals surface area contributed by atoms with Crippen LogP contribution in [0.3, 0.4) is 0 Å². The van der Waals surface area contributed by atoms with Crippen molar-refractivity contribution < 1.29 is 19.1 Å². The number of carbonyl (C=O) groups is 2. The Balaban J connectivity index is 1.49. The lowest BCUT2D eigenvalue weighted by Gasteiger charge is -2.10. The number of hydrogen-bond donors (Lipinski definition) is 3. The molecule has 0 aliphatic rings. The topological polar surface area (TPSA) is 88.7 Å². The number of methoxy groups -OCH3 is 1. The highest BCUT2D eigenvalue weighted by Crippen LogP contribution is 2.14. The molecule has 31 heavy (non-hydrogen) atoms. The Morgan fingerprint density at radius 2 is 1.52 bits per heavy atom. The highest BCUT2D eigenvalue weighted by atomic mass is 16.5. The van der Waals surface area contributed by atoms with Gasteiger partial charge in [0.15, 0.2) is 0 Å². The maximum atomic E-state index is 12.4. The SMILES string of the molecule is COCCOc1cccc(CNC(=O)c2ccc(NC(=O)Nc3ccccc3)cc2)c1. The number of nitrogens with one attached hydrogen (secondary N) is 3. The Hall–Kier alpha value is -3.84. The summed E-state index contributed by atoms with van der Waals surface area (Å²) in [5.74, 6) is 0.527. The van der Waals surface area contributed by atoms with Crippen molar-refractivity contribution >= 4 is 23.3 Å². The standard InChI is InChI=1S/C24H25N3O4/c1-30-14-15-31-22-9-5-6-18(16-22)17-25-23(28)19-10-12-21(13-11-19)27-24(29)26-20-7-3-2-4-8-20/h2-13,16H,14-15,17H2,1H3,(H,25,28)(H2,26,27,29). The van der Waals surface area contributed by atoms with E-state index in [9.17, 15) is 9.59 Å². The summed E-state index contributed by atoms with van der Waals surface area (Å²) < 4.78 is 10.6. The van der Waals surface area contributed by atoms with E-state index < -0.39 is 0 Å². The number of para-hydroxylation sites is 1. The Labute approximate surface area is 181 Å². The average molecular weight is 419 g/mol. The lowest BCUT2D eigenvalue weighted by molar-refractivity contribution is 0.0951. The number of amides is 3. The van der Waals surface area contributed by atoms with Gasteiger partial charge in [-0.3, -0.25) is 4.79 Å². The first-order valence-electron chi connectivity index (χ1n) is 9.86. The number of benzene rings is 3. The zero-order valence-corrected chi connectivity index (χ0v) is 17.3. The van der Waals surface area contributed by atoms with Gasteiger partial charge in [0, 0.05) is 30.6 Å². The maximum absolute atomic E-state index is 12.4. The fourth-order valence-electron chi connectivity index (χ4n) is 2.79. The van der Waals surface area contributed by atoms with Gasteiger partial charge in [0.05, 0.1) is 6.61 Å². The number of rotatable bonds is 9. The molecule has 0 spiro atoms. The molecule has 3 rings (SSSR count). The van der Waals surface area contributed by atoms with Crippen LogP contribution in [0.1, 0.15) is 15.9 Å². The lowest BCUT2D eigenvalue weighted by atomic mass is 10.1. The van der Waals surface area contributed by atoms with Crippen molar-refractivity contribution in [1.29, 1.82) is 0 Å². The molecule has 3 amide bonds. The minimum atomic E-state index is -0.351. The summed E-state index contributed by atoms with van der Waals surface area (Å²) >= 11 is 0. The molecule has 0 atom stereocenters. The quantitative estimate of drug-likeness (QED) is 0.452. The van der Waals surface area contributed by atoms with E-state index in [2.05, 4.69) is 16.0 Å². The Morgan fingerprint density at radius 1 is 0.806 bits per heavy atom. The zero-order chi connectivity index (χ0) is 21.9. The monoisotopic (exact) mass is 419 g/mol. The third-order valence-electron chi connectivity index (χ3n) is 4.34. The molecule has 0 aromatic heterocycles. The zero-order valence-electron chi connectivity index (χ0n) is 17.3. The van der Waals surface area contributed by atoms with E-state index in [4.69, 9.17) is 9.47 Å². The van der Waals surface area contributed by atoms with E-state index in [1.165, 1.54) is 0 Å². The van der Waals surface area contributed by atoms with Crippen LogP contribution in [0.5, 0.6) is 5.75 Å². The smallest absolute Gasteiger partial charge is 0.323 e. The van der Waals surface area contributed by atoms with Gasteiger partial charge >= 0.3 is 6.03 Å². The first-order valence-corrected chi connectivity index (χ1v) is 9.86. The minimum Gasteiger partial charge on any atom is -0.491 e. The van der Waals surface area contributed by atoms with E-state index in [0.29, 0.717) is 36.7 Å². The van der Waals surface area contributed by atoms with Crippen molar-refractivity contribution in [2.75, 3.05) is 31.0 Å². The Kier molecular flexibility index (Phi) is 8.02. The molecule has 160 valence electrons. The molecule has 3 N–H and O–H groups in total. The molecule has 3 aromatic rings. The molecule has 0 saturated heterocycles. The summed E-state index contributed by atoms with van der Waals surface area (Å²) in [4.78, 5) is 24.5. The molecular formula is C24H25N3O4. The van der Waals surface area contributed by atoms with Crippen molar-refractivity contribution in [3.05, 3.63) is 90.0 Å². The van der Waals surface area contributed by atoms with Gasteiger partial charge in [-0.25, -0.2) is 4.79 Å². The van der Waals surface area contributed by atoms with Gasteiger partial charge in [0.1, 0.15) is 12.4 Å². The van der Waals surface area contributed by atoms with Gasteiger partial charge in [-0.1, -0.05) is 30.3 Å². The number of anilines is 2. The van der Waals surface area contributed by atoms with Gasteiger partial charge in [0.25, 0.3) is 5.91 Å². The number of hydrogen-bond acceptors (Lipinski definition) is 4. The fraction of sp³-hybridized carbons (Fsp3) is 0.167. The first kappa shape index (κ1) is 21.9. The largest absolute Gasteiger partial charge is 0.491 e. The molecule has 0 unspecified atom stereocenters. The van der Waals surface area contributed by atoms with Gasteiger partial charge < -0.3 is 25.4 Å². The molecule has 0 bridgehead atoms. The Bertz CT molecular complexity index is 991. The molecule has 0 aliphatic heterocycles. The van der Waals surface area contributed by atoms with Crippen LogP contribution in [0.2, 0.25) is 0 Å². The van der Waals surface area contributed by atoms with Crippen LogP contribution >= 0.6 is 0 Å². The normalized spacial score (nSPS) is 10.2. The second-order valence-corrected chi connectivity index (χ2v) is 6.69. The molecule has 3 aromatic carbocycles. The van der Waals surface area contributed by atoms with Crippen LogP contribution in [0.4, 0.5) is 16.2 Å². The van der Waals surface area contributed by atoms with Crippen molar-refractivity contribution in [2.45, 2.75) is 6.54 Å². The second kappa shape index (κ2) is 11.4. The van der Waals surface area contributed by atoms with Crippen molar-refractivity contribution in [2.24, 2.45) is 0 Å². The van der Waals surface area contributed by atoms with Gasteiger partial charge in [-0.15, -0.1) is 0 Å². The lowest BCUT2D eigenvalue weighted by Crippen LogP contribution is -2.23. The second-order valence-electron chi connectivity index (χ2n) is 6.69. The number of carbonyl (C=O) groups excluding carboxylic acids is 2. The molecule has 0 saturated carbocycles. The van der Waals surface area contributed by atoms with E-state index in [1.807, 2.05) is 42.5 Å². The van der Waals surface area contributed by atoms with Crippen LogP contribution < -0.4 is 20.7 Å². The molecule has 0 heterocycles. The highest BCUT2D eigenvalue weighted by Gasteiger charge is 2.07. The van der Waals surface area contributed by atoms with Crippen molar-refractivity contribution in [1.82, 2.24) is 5.32 Å². The van der Waals surface area contributed by atoms with E-state index >= 15 is 0 Å². The third-order valence-corrected chi connectivity index (χ3v) is 4.34. The van der Waals surface area contributed by atoms with Crippen LogP contribution in [-0.2, 0) is 11.3 Å². The average Bonchev–Trinajstić information content (AvgIpc) is 2.79. The molecule has 7 heteroatoms. The predicted octanol–water partition coefficient (Wildman–Crippen LogP) is 4.29. The van der Waals surface area contributed by atoms with Gasteiger partial charge in [-0.05, 0) is 54.1 Å². The fourth-order valence-corrected chi connectivity index (χ4v) is 2.79. The number of ether oxygens (including phenoxy) is 2. The third kappa shape index (κ3) is 7.17. The van der Waals surface area contributed by atoms with Crippen LogP contribution in [0, 0.1) is 0 Å². The molecule has 0 fully saturated rings. The summed E-state index contributed by atoms with van der Waals surface area (Å²) in [5, 5.41) is 8.36. The first-order chi connectivity index (χ1) is 15.1. The van der Waals surface area contributed by atoms with Gasteiger partial charge in [0.2, 0.25) is 0 Å². The van der Waals surface area contributed by atoms with Crippen LogP contribution in [0.25, 0.3) is 0 Å². The molecule has 0 radical (unpaired) electrons. The van der Waals surface area contributed by atoms with Crippen LogP contribution in [-0.4, -0.2) is 32.3 Å². The Morgan fingerprint density at radius 3 is 2.23 bits per heavy atom. The minimum absolute atomic E-state index is 0.203. The van der Waals surface area contributed by atoms with E-state index in [-0.39, 0.29) is 11.9 Å². The summed E-state index contributed by atoms with van der Waals surface area (Å²) in [6.07, 6.45) is 0. The van der Waals surface area contributed by atoms with Crippen molar-refractivity contribution in [3.63, 3.8) is 0 Å². The molecule has 0 aliphatic carbocycles. The number of urea groups is 1. The summed E-state index contributed by atoms with van der Waals surface area (Å²) in [6, 6.07) is 23.0. The molecular weight excluding hydrogens is 394 g/mol. The molecule has 7 nitrogen and oxygen atoms in total. The van der Waals surface area contributed by atoms with Gasteiger partial charge in [-0.2, -0.15) is 0 Å². The van der Waals surface area contributed by atoms with E-state index in [1.54, 1.807) is 43.5 Å². The predicted molar refractivity (Wildman–Crippen MR) is 121 cm³/mol. The summed E-state index contributed by atoms with van der Waals surface area (Å²) in [6.45, 7) is 1.36. The summed E-state index contributed by atoms with van der Waals surface area (Å²) in [5.41, 5.74) is 2.72. The summed E-state index contributed by atoms with van der Waals surface area (Å²) in [7, 11) is 1.62. The van der Waals surface area contributed by atoms with Crippen molar-refractivity contribution in [3.8, 4) is 5.75 Å². The van der Waals surface area contributed by atoms with Crippen LogP contribution in [0.15, 0.2) is 78.9 Å². The maximum Gasteiger partial charge on any atom is 0.323 e.